The Morgan fingerprint density at radius 1 is 0.844 bits per heavy atom. The largest absolute Gasteiger partial charge is 0.481 e. The highest BCUT2D eigenvalue weighted by molar-refractivity contribution is 5.94. The van der Waals surface area contributed by atoms with Crippen LogP contribution in [0.4, 0.5) is 0 Å². The van der Waals surface area contributed by atoms with Gasteiger partial charge in [-0.2, -0.15) is 0 Å². The highest BCUT2D eigenvalue weighted by Gasteiger charge is 2.34. The van der Waals surface area contributed by atoms with E-state index in [1.54, 1.807) is 27.7 Å². The van der Waals surface area contributed by atoms with Gasteiger partial charge in [-0.1, -0.05) is 34.1 Å². The zero-order valence-corrected chi connectivity index (χ0v) is 19.1. The minimum atomic E-state index is -1.59. The van der Waals surface area contributed by atoms with Crippen LogP contribution in [-0.2, 0) is 24.0 Å². The van der Waals surface area contributed by atoms with E-state index in [1.807, 2.05) is 0 Å². The average molecular weight is 461 g/mol. The Balaban J connectivity index is 5.62. The van der Waals surface area contributed by atoms with Gasteiger partial charge in [-0.05, 0) is 25.2 Å². The van der Waals surface area contributed by atoms with Crippen molar-refractivity contribution in [2.75, 3.05) is 0 Å². The number of rotatable bonds is 14. The second-order valence-corrected chi connectivity index (χ2v) is 8.20. The molecule has 0 rings (SSSR count). The van der Waals surface area contributed by atoms with E-state index in [9.17, 15) is 34.2 Å². The Hall–Kier alpha value is -2.73. The summed E-state index contributed by atoms with van der Waals surface area (Å²) in [5.41, 5.74) is 5.79. The number of aliphatic carboxylic acids is 2. The molecule has 0 saturated carbocycles. The Morgan fingerprint density at radius 2 is 1.38 bits per heavy atom. The Labute approximate surface area is 187 Å². The van der Waals surface area contributed by atoms with Gasteiger partial charge in [-0.3, -0.25) is 19.2 Å². The molecule has 184 valence electrons. The number of nitrogens with two attached hydrogens (primary N) is 1. The standard InChI is InChI=1S/C20H36N4O8/c1-6-10(4)15(19(30)24-16(11(5)25)20(31)32)23-17(28)12(7-8-13(26)27)22-18(29)14(21)9(2)3/h9-12,14-16,25H,6-8,21H2,1-5H3,(H,22,29)(H,23,28)(H,24,30)(H,26,27)(H,31,32). The lowest BCUT2D eigenvalue weighted by molar-refractivity contribution is -0.145. The lowest BCUT2D eigenvalue weighted by Gasteiger charge is -2.28. The predicted molar refractivity (Wildman–Crippen MR) is 114 cm³/mol. The first-order valence-corrected chi connectivity index (χ1v) is 10.5. The van der Waals surface area contributed by atoms with Crippen molar-refractivity contribution in [1.29, 1.82) is 0 Å². The SMILES string of the molecule is CCC(C)C(NC(=O)C(CCC(=O)O)NC(=O)C(N)C(C)C)C(=O)NC(C(=O)O)C(C)O. The van der Waals surface area contributed by atoms with Gasteiger partial charge in [0.2, 0.25) is 17.7 Å². The van der Waals surface area contributed by atoms with Crippen molar-refractivity contribution >= 4 is 29.7 Å². The van der Waals surface area contributed by atoms with Crippen molar-refractivity contribution in [3.8, 4) is 0 Å². The smallest absolute Gasteiger partial charge is 0.328 e. The first kappa shape index (κ1) is 29.3. The summed E-state index contributed by atoms with van der Waals surface area (Å²) in [6.07, 6.45) is -1.60. The van der Waals surface area contributed by atoms with Crippen LogP contribution in [-0.4, -0.2) is 75.3 Å². The monoisotopic (exact) mass is 460 g/mol. The van der Waals surface area contributed by atoms with Gasteiger partial charge < -0.3 is 37.0 Å². The van der Waals surface area contributed by atoms with E-state index >= 15 is 0 Å². The summed E-state index contributed by atoms with van der Waals surface area (Å²) in [6, 6.07) is -4.96. The predicted octanol–water partition coefficient (Wildman–Crippen LogP) is -1.20. The van der Waals surface area contributed by atoms with Crippen LogP contribution in [0.3, 0.4) is 0 Å². The summed E-state index contributed by atoms with van der Waals surface area (Å²) in [6.45, 7) is 8.03. The third-order valence-corrected chi connectivity index (χ3v) is 5.14. The summed E-state index contributed by atoms with van der Waals surface area (Å²) >= 11 is 0. The summed E-state index contributed by atoms with van der Waals surface area (Å²) in [4.78, 5) is 60.1. The van der Waals surface area contributed by atoms with Crippen LogP contribution in [0, 0.1) is 11.8 Å². The van der Waals surface area contributed by atoms with Gasteiger partial charge in [-0.15, -0.1) is 0 Å². The minimum Gasteiger partial charge on any atom is -0.481 e. The fraction of sp³-hybridized carbons (Fsp3) is 0.750. The van der Waals surface area contributed by atoms with E-state index in [0.717, 1.165) is 0 Å². The quantitative estimate of drug-likeness (QED) is 0.166. The molecule has 0 radical (unpaired) electrons. The molecule has 0 aliphatic heterocycles. The van der Waals surface area contributed by atoms with Gasteiger partial charge in [0.1, 0.15) is 12.1 Å². The van der Waals surface area contributed by atoms with Gasteiger partial charge in [0.15, 0.2) is 6.04 Å². The fourth-order valence-corrected chi connectivity index (χ4v) is 2.69. The van der Waals surface area contributed by atoms with Crippen molar-refractivity contribution in [3.63, 3.8) is 0 Å². The second kappa shape index (κ2) is 13.6. The molecule has 0 fully saturated rings. The van der Waals surface area contributed by atoms with Crippen molar-refractivity contribution in [1.82, 2.24) is 16.0 Å². The number of hydrogen-bond acceptors (Lipinski definition) is 7. The van der Waals surface area contributed by atoms with Gasteiger partial charge in [0, 0.05) is 6.42 Å². The summed E-state index contributed by atoms with van der Waals surface area (Å²) in [5, 5.41) is 34.8. The minimum absolute atomic E-state index is 0.231. The maximum Gasteiger partial charge on any atom is 0.328 e. The number of carboxylic acids is 2. The Kier molecular flexibility index (Phi) is 12.5. The molecule has 6 unspecified atom stereocenters. The average Bonchev–Trinajstić information content (AvgIpc) is 2.70. The Morgan fingerprint density at radius 3 is 1.78 bits per heavy atom. The summed E-state index contributed by atoms with van der Waals surface area (Å²) in [7, 11) is 0. The van der Waals surface area contributed by atoms with E-state index in [1.165, 1.54) is 6.92 Å². The molecule has 12 nitrogen and oxygen atoms in total. The molecule has 0 aromatic carbocycles. The van der Waals surface area contributed by atoms with E-state index < -0.39 is 72.3 Å². The van der Waals surface area contributed by atoms with Crippen LogP contribution in [0.25, 0.3) is 0 Å². The molecule has 0 heterocycles. The zero-order chi connectivity index (χ0) is 25.2. The lowest BCUT2D eigenvalue weighted by Crippen LogP contribution is -2.60. The lowest BCUT2D eigenvalue weighted by atomic mass is 9.96. The summed E-state index contributed by atoms with van der Waals surface area (Å²) in [5.74, 6) is -5.57. The Bertz CT molecular complexity index is 683. The topological polar surface area (TPSA) is 208 Å². The molecule has 12 heteroatoms. The van der Waals surface area contributed by atoms with E-state index in [4.69, 9.17) is 10.8 Å². The number of hydrogen-bond donors (Lipinski definition) is 7. The number of carbonyl (C=O) groups excluding carboxylic acids is 3. The zero-order valence-electron chi connectivity index (χ0n) is 19.1. The highest BCUT2D eigenvalue weighted by Crippen LogP contribution is 2.11. The molecule has 0 aliphatic rings. The number of aliphatic hydroxyl groups excluding tert-OH is 1. The number of carbonyl (C=O) groups is 5. The molecule has 0 aromatic rings. The van der Waals surface area contributed by atoms with Crippen LogP contribution in [0.1, 0.15) is 53.9 Å². The van der Waals surface area contributed by atoms with Crippen LogP contribution in [0.15, 0.2) is 0 Å². The fourth-order valence-electron chi connectivity index (χ4n) is 2.69. The molecule has 0 saturated heterocycles. The molecular formula is C20H36N4O8. The first-order chi connectivity index (χ1) is 14.7. The van der Waals surface area contributed by atoms with Crippen LogP contribution in [0.5, 0.6) is 0 Å². The van der Waals surface area contributed by atoms with Crippen LogP contribution < -0.4 is 21.7 Å². The summed E-state index contributed by atoms with van der Waals surface area (Å²) < 4.78 is 0. The molecule has 0 aliphatic carbocycles. The van der Waals surface area contributed by atoms with Crippen molar-refractivity contribution in [3.05, 3.63) is 0 Å². The molecule has 6 atom stereocenters. The number of carboxylic acid groups (broad SMARTS) is 2. The molecule has 0 bridgehead atoms. The van der Waals surface area contributed by atoms with Crippen molar-refractivity contribution in [2.45, 2.75) is 84.2 Å². The van der Waals surface area contributed by atoms with Gasteiger partial charge >= 0.3 is 11.9 Å². The molecule has 32 heavy (non-hydrogen) atoms. The maximum atomic E-state index is 12.9. The normalized spacial score (nSPS) is 16.8. The molecule has 8 N–H and O–H groups in total. The molecule has 3 amide bonds. The van der Waals surface area contributed by atoms with Gasteiger partial charge in [-0.25, -0.2) is 4.79 Å². The van der Waals surface area contributed by atoms with E-state index in [0.29, 0.717) is 6.42 Å². The molecule has 0 aromatic heterocycles. The second-order valence-electron chi connectivity index (χ2n) is 8.20. The highest BCUT2D eigenvalue weighted by atomic mass is 16.4. The van der Waals surface area contributed by atoms with Crippen LogP contribution >= 0.6 is 0 Å². The number of nitrogens with one attached hydrogen (secondary N) is 3. The van der Waals surface area contributed by atoms with E-state index in [2.05, 4.69) is 16.0 Å². The maximum absolute atomic E-state index is 12.9. The molecule has 0 spiro atoms. The number of aliphatic hydroxyl groups is 1. The van der Waals surface area contributed by atoms with Gasteiger partial charge in [0.25, 0.3) is 0 Å². The first-order valence-electron chi connectivity index (χ1n) is 10.5. The van der Waals surface area contributed by atoms with Crippen molar-refractivity contribution in [2.24, 2.45) is 17.6 Å². The molecular weight excluding hydrogens is 424 g/mol. The number of amides is 3. The van der Waals surface area contributed by atoms with Crippen molar-refractivity contribution < 1.29 is 39.3 Å². The third kappa shape index (κ3) is 9.60. The van der Waals surface area contributed by atoms with Gasteiger partial charge in [0.05, 0.1) is 12.1 Å². The third-order valence-electron chi connectivity index (χ3n) is 5.14. The van der Waals surface area contributed by atoms with E-state index in [-0.39, 0.29) is 12.3 Å². The van der Waals surface area contributed by atoms with Crippen LogP contribution in [0.2, 0.25) is 0 Å².